The third-order valence-corrected chi connectivity index (χ3v) is 6.08. The van der Waals surface area contributed by atoms with E-state index in [2.05, 4.69) is 5.32 Å². The van der Waals surface area contributed by atoms with E-state index in [4.69, 9.17) is 4.74 Å². The van der Waals surface area contributed by atoms with Crippen molar-refractivity contribution in [1.82, 2.24) is 5.32 Å². The van der Waals surface area contributed by atoms with Gasteiger partial charge < -0.3 is 10.1 Å². The van der Waals surface area contributed by atoms with Crippen molar-refractivity contribution in [3.8, 4) is 0 Å². The van der Waals surface area contributed by atoms with Gasteiger partial charge >= 0.3 is 5.97 Å². The van der Waals surface area contributed by atoms with Gasteiger partial charge in [-0.25, -0.2) is 4.79 Å². The van der Waals surface area contributed by atoms with E-state index in [0.717, 1.165) is 11.3 Å². The summed E-state index contributed by atoms with van der Waals surface area (Å²) in [5.41, 5.74) is 3.68. The summed E-state index contributed by atoms with van der Waals surface area (Å²) in [6.07, 6.45) is 0.574. The van der Waals surface area contributed by atoms with E-state index < -0.39 is 16.8 Å². The third kappa shape index (κ3) is 4.44. The molecule has 0 saturated carbocycles. The van der Waals surface area contributed by atoms with Gasteiger partial charge in [-0.15, -0.1) is 0 Å². The number of rotatable bonds is 5. The highest BCUT2D eigenvalue weighted by Gasteiger charge is 2.41. The lowest BCUT2D eigenvalue weighted by molar-refractivity contribution is -0.384. The molecule has 0 saturated heterocycles. The number of nitrogens with zero attached hydrogens (tertiary/aromatic N) is 1. The Morgan fingerprint density at radius 3 is 2.45 bits per heavy atom. The molecule has 1 N–H and O–H groups in total. The Hall–Kier alpha value is -3.74. The normalized spacial score (nSPS) is 20.4. The van der Waals surface area contributed by atoms with Gasteiger partial charge in [0.1, 0.15) is 0 Å². The predicted octanol–water partition coefficient (Wildman–Crippen LogP) is 4.91. The van der Waals surface area contributed by atoms with Crippen LogP contribution in [-0.2, 0) is 14.3 Å². The van der Waals surface area contributed by atoms with Crippen LogP contribution < -0.4 is 5.32 Å². The van der Waals surface area contributed by atoms with Crippen LogP contribution in [0.3, 0.4) is 0 Å². The summed E-state index contributed by atoms with van der Waals surface area (Å²) in [5, 5.41) is 14.7. The van der Waals surface area contributed by atoms with Crippen molar-refractivity contribution in [2.75, 3.05) is 0 Å². The number of hydrogen-bond acceptors (Lipinski definition) is 6. The molecule has 0 spiro atoms. The predicted molar refractivity (Wildman–Crippen MR) is 123 cm³/mol. The number of dihydropyridines is 1. The molecule has 2 atom stereocenters. The monoisotopic (exact) mass is 446 g/mol. The van der Waals surface area contributed by atoms with E-state index in [9.17, 15) is 19.7 Å². The SMILES string of the molecule is CC1=C(C(=O)OC(C)C)[C@H](c2cccc([N+](=O)[O-])c2)C2=C(C[C@@H](c3ccccc3)CC2=O)N1. The molecular weight excluding hydrogens is 420 g/mol. The molecule has 7 nitrogen and oxygen atoms in total. The summed E-state index contributed by atoms with van der Waals surface area (Å²) < 4.78 is 5.49. The molecule has 1 heterocycles. The van der Waals surface area contributed by atoms with Gasteiger partial charge in [-0.2, -0.15) is 0 Å². The van der Waals surface area contributed by atoms with Gasteiger partial charge in [0.25, 0.3) is 5.69 Å². The number of nitrogens with one attached hydrogen (secondary N) is 1. The maximum Gasteiger partial charge on any atom is 0.337 e. The van der Waals surface area contributed by atoms with Gasteiger partial charge in [0.05, 0.1) is 16.6 Å². The first-order chi connectivity index (χ1) is 15.8. The van der Waals surface area contributed by atoms with Crippen molar-refractivity contribution < 1.29 is 19.2 Å². The number of esters is 1. The van der Waals surface area contributed by atoms with Gasteiger partial charge in [-0.1, -0.05) is 42.5 Å². The smallest absolute Gasteiger partial charge is 0.337 e. The number of carbonyl (C=O) groups is 2. The van der Waals surface area contributed by atoms with Crippen LogP contribution in [-0.4, -0.2) is 22.8 Å². The molecule has 4 rings (SSSR count). The quantitative estimate of drug-likeness (QED) is 0.398. The number of benzene rings is 2. The Balaban J connectivity index is 1.83. The van der Waals surface area contributed by atoms with Crippen molar-refractivity contribution in [2.45, 2.75) is 51.6 Å². The molecule has 170 valence electrons. The third-order valence-electron chi connectivity index (χ3n) is 6.08. The van der Waals surface area contributed by atoms with Crippen LogP contribution in [0.2, 0.25) is 0 Å². The van der Waals surface area contributed by atoms with Crippen LogP contribution in [0, 0.1) is 10.1 Å². The van der Waals surface area contributed by atoms with E-state index >= 15 is 0 Å². The van der Waals surface area contributed by atoms with Crippen molar-refractivity contribution >= 4 is 17.4 Å². The molecular formula is C26H26N2O5. The molecule has 2 aromatic rings. The van der Waals surface area contributed by atoms with E-state index in [-0.39, 0.29) is 23.5 Å². The standard InChI is InChI=1S/C26H26N2O5/c1-15(2)33-26(30)23-16(3)27-21-13-19(17-8-5-4-6-9-17)14-22(29)25(21)24(23)18-10-7-11-20(12-18)28(31)32/h4-12,15,19,24,27H,13-14H2,1-3H3/t19-,24+/m1/s1. The minimum Gasteiger partial charge on any atom is -0.460 e. The molecule has 0 amide bonds. The van der Waals surface area contributed by atoms with Crippen molar-refractivity contribution in [3.05, 3.63) is 98.4 Å². The highest BCUT2D eigenvalue weighted by Crippen LogP contribution is 2.46. The number of ether oxygens (including phenoxy) is 1. The molecule has 0 unspecified atom stereocenters. The second kappa shape index (κ2) is 9.02. The fourth-order valence-electron chi connectivity index (χ4n) is 4.70. The number of nitro benzene ring substituents is 1. The first-order valence-electron chi connectivity index (χ1n) is 11.0. The molecule has 1 aliphatic carbocycles. The van der Waals surface area contributed by atoms with E-state index in [0.29, 0.717) is 35.2 Å². The van der Waals surface area contributed by atoms with E-state index in [1.54, 1.807) is 32.9 Å². The van der Waals surface area contributed by atoms with Gasteiger partial charge in [0.15, 0.2) is 5.78 Å². The van der Waals surface area contributed by atoms with Gasteiger partial charge in [0, 0.05) is 41.4 Å². The largest absolute Gasteiger partial charge is 0.460 e. The zero-order valence-corrected chi connectivity index (χ0v) is 18.8. The number of allylic oxidation sites excluding steroid dienone is 3. The summed E-state index contributed by atoms with van der Waals surface area (Å²) in [5.74, 6) is -1.31. The van der Waals surface area contributed by atoms with Crippen LogP contribution in [0.4, 0.5) is 5.69 Å². The molecule has 1 aliphatic heterocycles. The number of ketones is 1. The summed E-state index contributed by atoms with van der Waals surface area (Å²) in [4.78, 5) is 37.5. The van der Waals surface area contributed by atoms with Gasteiger partial charge in [-0.3, -0.25) is 14.9 Å². The molecule has 0 bridgehead atoms. The average molecular weight is 447 g/mol. The first kappa shape index (κ1) is 22.5. The fourth-order valence-corrected chi connectivity index (χ4v) is 4.70. The molecule has 33 heavy (non-hydrogen) atoms. The van der Waals surface area contributed by atoms with Crippen LogP contribution in [0.5, 0.6) is 0 Å². The summed E-state index contributed by atoms with van der Waals surface area (Å²) in [7, 11) is 0. The molecule has 0 radical (unpaired) electrons. The summed E-state index contributed by atoms with van der Waals surface area (Å²) in [6, 6.07) is 16.0. The Bertz CT molecular complexity index is 1180. The van der Waals surface area contributed by atoms with Gasteiger partial charge in [-0.05, 0) is 44.2 Å². The number of Topliss-reactive ketones (excluding diaryl/α,β-unsaturated/α-hetero) is 1. The summed E-state index contributed by atoms with van der Waals surface area (Å²) >= 11 is 0. The Morgan fingerprint density at radius 2 is 1.79 bits per heavy atom. The maximum absolute atomic E-state index is 13.5. The van der Waals surface area contributed by atoms with E-state index in [1.165, 1.54) is 12.1 Å². The highest BCUT2D eigenvalue weighted by molar-refractivity contribution is 6.04. The zero-order valence-electron chi connectivity index (χ0n) is 18.8. The number of hydrogen-bond donors (Lipinski definition) is 1. The molecule has 7 heteroatoms. The number of non-ortho nitro benzene ring substituents is 1. The minimum atomic E-state index is -0.725. The lowest BCUT2D eigenvalue weighted by Gasteiger charge is -2.36. The second-order valence-electron chi connectivity index (χ2n) is 8.73. The molecule has 0 aromatic heterocycles. The van der Waals surface area contributed by atoms with Crippen LogP contribution in [0.25, 0.3) is 0 Å². The fraction of sp³-hybridized carbons (Fsp3) is 0.308. The lowest BCUT2D eigenvalue weighted by Crippen LogP contribution is -2.36. The van der Waals surface area contributed by atoms with Crippen LogP contribution in [0.1, 0.15) is 56.6 Å². The average Bonchev–Trinajstić information content (AvgIpc) is 2.78. The Kier molecular flexibility index (Phi) is 6.14. The van der Waals surface area contributed by atoms with Crippen molar-refractivity contribution in [1.29, 1.82) is 0 Å². The highest BCUT2D eigenvalue weighted by atomic mass is 16.6. The molecule has 0 fully saturated rings. The Labute approximate surface area is 192 Å². The van der Waals surface area contributed by atoms with Gasteiger partial charge in [0.2, 0.25) is 0 Å². The maximum atomic E-state index is 13.5. The summed E-state index contributed by atoms with van der Waals surface area (Å²) in [6.45, 7) is 5.29. The van der Waals surface area contributed by atoms with Crippen molar-refractivity contribution in [3.63, 3.8) is 0 Å². The van der Waals surface area contributed by atoms with E-state index in [1.807, 2.05) is 30.3 Å². The van der Waals surface area contributed by atoms with Crippen LogP contribution >= 0.6 is 0 Å². The molecule has 2 aromatic carbocycles. The molecule has 2 aliphatic rings. The van der Waals surface area contributed by atoms with Crippen molar-refractivity contribution in [2.24, 2.45) is 0 Å². The zero-order chi connectivity index (χ0) is 23.7. The van der Waals surface area contributed by atoms with Crippen LogP contribution in [0.15, 0.2) is 77.1 Å². The first-order valence-corrected chi connectivity index (χ1v) is 11.0. The minimum absolute atomic E-state index is 0.0210. The lowest BCUT2D eigenvalue weighted by atomic mass is 9.71. The number of nitro groups is 1. The second-order valence-corrected chi connectivity index (χ2v) is 8.73. The topological polar surface area (TPSA) is 98.5 Å². The number of carbonyl (C=O) groups excluding carboxylic acids is 2. The Morgan fingerprint density at radius 1 is 1.09 bits per heavy atom.